The van der Waals surface area contributed by atoms with Crippen LogP contribution in [0.5, 0.6) is 5.75 Å². The minimum Gasteiger partial charge on any atom is -0.484 e. The molecule has 166 valence electrons. The normalized spacial score (nSPS) is 13.9. The Balaban J connectivity index is 0.00000272. The molecule has 4 rings (SSSR count). The number of amides is 1. The monoisotopic (exact) mass is 443 g/mol. The van der Waals surface area contributed by atoms with Crippen molar-refractivity contribution in [2.75, 3.05) is 44.2 Å². The third-order valence-corrected chi connectivity index (χ3v) is 5.70. The zero-order chi connectivity index (χ0) is 20.9. The predicted molar refractivity (Wildman–Crippen MR) is 127 cm³/mol. The van der Waals surface area contributed by atoms with Crippen LogP contribution in [-0.2, 0) is 17.8 Å². The smallest absolute Gasteiger partial charge is 0.260 e. The number of ether oxygens (including phenoxy) is 1. The number of H-pyrrole nitrogens is 1. The fraction of sp³-hybridized carbons (Fsp3) is 0.348. The van der Waals surface area contributed by atoms with Gasteiger partial charge in [0.25, 0.3) is 5.91 Å². The van der Waals surface area contributed by atoms with Crippen LogP contribution >= 0.6 is 12.4 Å². The Hall–Kier alpha value is -2.74. The lowest BCUT2D eigenvalue weighted by molar-refractivity contribution is -0.133. The van der Waals surface area contributed by atoms with Crippen molar-refractivity contribution in [2.24, 2.45) is 11.5 Å². The van der Waals surface area contributed by atoms with E-state index in [1.165, 1.54) is 0 Å². The fourth-order valence-corrected chi connectivity index (χ4v) is 4.03. The summed E-state index contributed by atoms with van der Waals surface area (Å²) in [6.07, 6.45) is 2.79. The third kappa shape index (κ3) is 5.12. The highest BCUT2D eigenvalue weighted by Crippen LogP contribution is 2.24. The van der Waals surface area contributed by atoms with Gasteiger partial charge in [0.05, 0.1) is 0 Å². The Morgan fingerprint density at radius 2 is 1.81 bits per heavy atom. The van der Waals surface area contributed by atoms with E-state index in [9.17, 15) is 4.79 Å². The van der Waals surface area contributed by atoms with Crippen LogP contribution in [0.4, 0.5) is 5.69 Å². The maximum atomic E-state index is 12.7. The average molecular weight is 444 g/mol. The lowest BCUT2D eigenvalue weighted by Gasteiger charge is -2.37. The third-order valence-electron chi connectivity index (χ3n) is 5.70. The van der Waals surface area contributed by atoms with E-state index in [1.54, 1.807) is 0 Å². The van der Waals surface area contributed by atoms with Gasteiger partial charge in [-0.05, 0) is 48.4 Å². The average Bonchev–Trinajstić information content (AvgIpc) is 3.20. The summed E-state index contributed by atoms with van der Waals surface area (Å²) in [6, 6.07) is 14.0. The molecule has 1 aliphatic heterocycles. The van der Waals surface area contributed by atoms with E-state index in [4.69, 9.17) is 16.2 Å². The molecule has 0 aliphatic carbocycles. The summed E-state index contributed by atoms with van der Waals surface area (Å²) in [5.74, 6) is 0.710. The first-order chi connectivity index (χ1) is 14.7. The molecule has 0 unspecified atom stereocenters. The second-order valence-electron chi connectivity index (χ2n) is 7.55. The van der Waals surface area contributed by atoms with Gasteiger partial charge < -0.3 is 31.0 Å². The molecule has 31 heavy (non-hydrogen) atoms. The number of fused-ring (bicyclic) bond motifs is 1. The lowest BCUT2D eigenvalue weighted by atomic mass is 10.1. The van der Waals surface area contributed by atoms with Gasteiger partial charge >= 0.3 is 0 Å². The van der Waals surface area contributed by atoms with Crippen LogP contribution in [0.3, 0.4) is 0 Å². The number of aromatic nitrogens is 1. The molecule has 7 nitrogen and oxygen atoms in total. The maximum Gasteiger partial charge on any atom is 0.260 e. The molecule has 8 heteroatoms. The van der Waals surface area contributed by atoms with Crippen molar-refractivity contribution in [3.8, 4) is 5.75 Å². The largest absolute Gasteiger partial charge is 0.484 e. The molecule has 1 saturated heterocycles. The highest BCUT2D eigenvalue weighted by Gasteiger charge is 2.22. The Bertz CT molecular complexity index is 1010. The summed E-state index contributed by atoms with van der Waals surface area (Å²) in [4.78, 5) is 20.1. The molecule has 0 bridgehead atoms. The molecule has 3 aromatic rings. The molecule has 0 spiro atoms. The number of nitrogens with one attached hydrogen (secondary N) is 1. The van der Waals surface area contributed by atoms with Crippen LogP contribution in [0.1, 0.15) is 11.1 Å². The van der Waals surface area contributed by atoms with Gasteiger partial charge in [-0.1, -0.05) is 18.2 Å². The Morgan fingerprint density at radius 3 is 2.55 bits per heavy atom. The molecule has 1 aromatic heterocycles. The Labute approximate surface area is 188 Å². The number of nitrogens with zero attached hydrogens (tertiary/aromatic N) is 2. The topological polar surface area (TPSA) is 101 Å². The molecule has 0 radical (unpaired) electrons. The summed E-state index contributed by atoms with van der Waals surface area (Å²) >= 11 is 0. The van der Waals surface area contributed by atoms with Crippen molar-refractivity contribution >= 4 is 34.9 Å². The molecule has 1 fully saturated rings. The number of rotatable bonds is 7. The number of piperazine rings is 1. The Kier molecular flexibility index (Phi) is 7.79. The fourth-order valence-electron chi connectivity index (χ4n) is 4.03. The van der Waals surface area contributed by atoms with E-state index in [0.717, 1.165) is 47.2 Å². The number of halogens is 1. The van der Waals surface area contributed by atoms with Gasteiger partial charge in [-0.25, -0.2) is 0 Å². The minimum atomic E-state index is 0. The zero-order valence-corrected chi connectivity index (χ0v) is 18.4. The van der Waals surface area contributed by atoms with Crippen LogP contribution in [0.15, 0.2) is 48.7 Å². The lowest BCUT2D eigenvalue weighted by Crippen LogP contribution is -2.50. The second kappa shape index (κ2) is 10.5. The van der Waals surface area contributed by atoms with Gasteiger partial charge in [-0.2, -0.15) is 0 Å². The van der Waals surface area contributed by atoms with E-state index in [2.05, 4.69) is 22.0 Å². The Morgan fingerprint density at radius 1 is 1.03 bits per heavy atom. The van der Waals surface area contributed by atoms with Crippen molar-refractivity contribution < 1.29 is 9.53 Å². The number of carbonyl (C=O) groups excluding carboxylic acids is 1. The summed E-state index contributed by atoms with van der Waals surface area (Å²) in [7, 11) is 0. The maximum absolute atomic E-state index is 12.7. The summed E-state index contributed by atoms with van der Waals surface area (Å²) < 4.78 is 5.81. The molecule has 0 atom stereocenters. The van der Waals surface area contributed by atoms with Crippen molar-refractivity contribution in [2.45, 2.75) is 13.0 Å². The predicted octanol–water partition coefficient (Wildman–Crippen LogP) is 2.28. The molecular formula is C23H30ClN5O2. The minimum absolute atomic E-state index is 0. The van der Waals surface area contributed by atoms with Crippen LogP contribution in [0.2, 0.25) is 0 Å². The summed E-state index contributed by atoms with van der Waals surface area (Å²) in [6.45, 7) is 4.10. The number of nitrogens with two attached hydrogens (primary N) is 2. The van der Waals surface area contributed by atoms with E-state index < -0.39 is 0 Å². The number of aromatic amines is 1. The number of para-hydroxylation sites is 1. The van der Waals surface area contributed by atoms with Gasteiger partial charge in [0, 0.05) is 55.5 Å². The number of hydrogen-bond donors (Lipinski definition) is 3. The highest BCUT2D eigenvalue weighted by molar-refractivity contribution is 5.85. The van der Waals surface area contributed by atoms with E-state index in [1.807, 2.05) is 41.4 Å². The van der Waals surface area contributed by atoms with E-state index >= 15 is 0 Å². The van der Waals surface area contributed by atoms with E-state index in [-0.39, 0.29) is 24.9 Å². The van der Waals surface area contributed by atoms with Crippen molar-refractivity contribution in [1.82, 2.24) is 9.88 Å². The first-order valence-electron chi connectivity index (χ1n) is 10.4. The van der Waals surface area contributed by atoms with Gasteiger partial charge in [-0.15, -0.1) is 12.4 Å². The van der Waals surface area contributed by atoms with Gasteiger partial charge in [0.15, 0.2) is 6.61 Å². The quantitative estimate of drug-likeness (QED) is 0.520. The highest BCUT2D eigenvalue weighted by atomic mass is 35.5. The molecular weight excluding hydrogens is 414 g/mol. The standard InChI is InChI=1S/C23H29N5O2.ClH/c24-8-7-18-15-26-21-6-5-19(13-20(18)21)30-16-23(29)28-11-9-27(10-12-28)22-4-2-1-3-17(22)14-25;/h1-6,13,15,26H,7-12,14,16,24-25H2;1H. The van der Waals surface area contributed by atoms with Crippen LogP contribution < -0.4 is 21.1 Å². The van der Waals surface area contributed by atoms with Gasteiger partial charge in [-0.3, -0.25) is 4.79 Å². The first kappa shape index (κ1) is 22.9. The van der Waals surface area contributed by atoms with Crippen molar-refractivity contribution in [3.63, 3.8) is 0 Å². The molecule has 2 heterocycles. The molecule has 1 amide bonds. The van der Waals surface area contributed by atoms with Crippen LogP contribution in [0.25, 0.3) is 10.9 Å². The van der Waals surface area contributed by atoms with Crippen molar-refractivity contribution in [3.05, 3.63) is 59.8 Å². The molecule has 0 saturated carbocycles. The molecule has 1 aliphatic rings. The molecule has 2 aromatic carbocycles. The summed E-state index contributed by atoms with van der Waals surface area (Å²) in [5.41, 5.74) is 16.1. The summed E-state index contributed by atoms with van der Waals surface area (Å²) in [5, 5.41) is 1.09. The van der Waals surface area contributed by atoms with E-state index in [0.29, 0.717) is 31.9 Å². The van der Waals surface area contributed by atoms with Crippen LogP contribution in [-0.4, -0.2) is 55.1 Å². The number of anilines is 1. The number of hydrogen-bond acceptors (Lipinski definition) is 5. The number of benzene rings is 2. The second-order valence-corrected chi connectivity index (χ2v) is 7.55. The molecule has 5 N–H and O–H groups in total. The van der Waals surface area contributed by atoms with Gasteiger partial charge in [0.2, 0.25) is 0 Å². The first-order valence-corrected chi connectivity index (χ1v) is 10.4. The van der Waals surface area contributed by atoms with Crippen LogP contribution in [0, 0.1) is 0 Å². The SMILES string of the molecule is Cl.NCCc1c[nH]c2ccc(OCC(=O)N3CCN(c4ccccc4CN)CC3)cc12. The zero-order valence-electron chi connectivity index (χ0n) is 17.5. The number of carbonyl (C=O) groups is 1. The van der Waals surface area contributed by atoms with Crippen molar-refractivity contribution in [1.29, 1.82) is 0 Å². The van der Waals surface area contributed by atoms with Gasteiger partial charge in [0.1, 0.15) is 5.75 Å².